The lowest BCUT2D eigenvalue weighted by molar-refractivity contribution is 0.0621. The zero-order valence-electron chi connectivity index (χ0n) is 11.9. The van der Waals surface area contributed by atoms with Crippen molar-refractivity contribution in [3.63, 3.8) is 0 Å². The van der Waals surface area contributed by atoms with Gasteiger partial charge < -0.3 is 15.4 Å². The number of imidazole rings is 1. The normalized spacial score (nSPS) is 12.4. The molecule has 104 valence electrons. The fraction of sp³-hybridized carbons (Fsp3) is 0.333. The predicted octanol–water partition coefficient (Wildman–Crippen LogP) is 2.25. The van der Waals surface area contributed by atoms with Crippen molar-refractivity contribution in [2.75, 3.05) is 5.73 Å². The van der Waals surface area contributed by atoms with Gasteiger partial charge in [-0.25, -0.2) is 9.97 Å². The van der Waals surface area contributed by atoms with Crippen LogP contribution in [0.25, 0.3) is 21.9 Å². The van der Waals surface area contributed by atoms with Gasteiger partial charge in [-0.15, -0.1) is 0 Å². The van der Waals surface area contributed by atoms with Gasteiger partial charge in [0.25, 0.3) is 0 Å². The summed E-state index contributed by atoms with van der Waals surface area (Å²) in [5.41, 5.74) is 7.68. The lowest BCUT2D eigenvalue weighted by Crippen LogP contribution is -2.26. The highest BCUT2D eigenvalue weighted by molar-refractivity contribution is 6.06. The molecule has 0 atom stereocenters. The first kappa shape index (κ1) is 12.9. The first-order chi connectivity index (χ1) is 9.37. The number of pyridine rings is 1. The molecule has 5 nitrogen and oxygen atoms in total. The van der Waals surface area contributed by atoms with E-state index in [1.807, 2.05) is 35.8 Å². The summed E-state index contributed by atoms with van der Waals surface area (Å²) in [6, 6.07) is 7.84. The molecular weight excluding hydrogens is 252 g/mol. The maximum atomic E-state index is 10.1. The molecule has 0 radical (unpaired) electrons. The van der Waals surface area contributed by atoms with E-state index < -0.39 is 5.60 Å². The molecule has 0 bridgehead atoms. The van der Waals surface area contributed by atoms with Gasteiger partial charge in [-0.3, -0.25) is 0 Å². The number of fused-ring (bicyclic) bond motifs is 3. The van der Waals surface area contributed by atoms with E-state index in [-0.39, 0.29) is 0 Å². The number of aliphatic hydroxyl groups is 1. The third-order valence-corrected chi connectivity index (χ3v) is 3.35. The molecule has 0 unspecified atom stereocenters. The minimum Gasteiger partial charge on any atom is -0.389 e. The summed E-state index contributed by atoms with van der Waals surface area (Å²) < 4.78 is 2.01. The molecule has 3 N–H and O–H groups in total. The molecule has 0 aliphatic carbocycles. The number of rotatable bonds is 2. The maximum absolute atomic E-state index is 10.1. The number of hydrogen-bond donors (Lipinski definition) is 2. The number of nitrogens with two attached hydrogens (primary N) is 1. The van der Waals surface area contributed by atoms with Crippen molar-refractivity contribution in [3.8, 4) is 0 Å². The van der Waals surface area contributed by atoms with Crippen LogP contribution in [0, 0.1) is 6.92 Å². The second-order valence-corrected chi connectivity index (χ2v) is 5.77. The van der Waals surface area contributed by atoms with E-state index in [4.69, 9.17) is 5.73 Å². The van der Waals surface area contributed by atoms with Gasteiger partial charge in [0.05, 0.1) is 23.2 Å². The molecule has 2 aromatic heterocycles. The van der Waals surface area contributed by atoms with E-state index in [2.05, 4.69) is 9.97 Å². The first-order valence-electron chi connectivity index (χ1n) is 6.60. The topological polar surface area (TPSA) is 77.0 Å². The first-order valence-corrected chi connectivity index (χ1v) is 6.60. The number of hydrogen-bond acceptors (Lipinski definition) is 4. The van der Waals surface area contributed by atoms with Crippen molar-refractivity contribution in [3.05, 3.63) is 30.1 Å². The van der Waals surface area contributed by atoms with Gasteiger partial charge >= 0.3 is 0 Å². The van der Waals surface area contributed by atoms with E-state index in [1.54, 1.807) is 13.8 Å². The van der Waals surface area contributed by atoms with Gasteiger partial charge in [-0.1, -0.05) is 18.2 Å². The molecule has 0 aliphatic heterocycles. The monoisotopic (exact) mass is 270 g/mol. The highest BCUT2D eigenvalue weighted by atomic mass is 16.3. The fourth-order valence-corrected chi connectivity index (χ4v) is 2.55. The van der Waals surface area contributed by atoms with Crippen LogP contribution < -0.4 is 5.73 Å². The summed E-state index contributed by atoms with van der Waals surface area (Å²) in [7, 11) is 0. The smallest absolute Gasteiger partial charge is 0.152 e. The Morgan fingerprint density at radius 1 is 1.25 bits per heavy atom. The van der Waals surface area contributed by atoms with Gasteiger partial charge in [-0.2, -0.15) is 0 Å². The van der Waals surface area contributed by atoms with E-state index in [0.717, 1.165) is 22.2 Å². The van der Waals surface area contributed by atoms with Crippen LogP contribution in [0.4, 0.5) is 5.82 Å². The number of aryl methyl sites for hydroxylation is 1. The lowest BCUT2D eigenvalue weighted by Gasteiger charge is -2.20. The summed E-state index contributed by atoms with van der Waals surface area (Å²) in [4.78, 5) is 8.91. The van der Waals surface area contributed by atoms with Crippen molar-refractivity contribution in [1.29, 1.82) is 0 Å². The molecule has 0 saturated heterocycles. The van der Waals surface area contributed by atoms with Crippen LogP contribution in [-0.2, 0) is 6.54 Å². The number of aromatic nitrogens is 3. The summed E-state index contributed by atoms with van der Waals surface area (Å²) >= 11 is 0. The van der Waals surface area contributed by atoms with Crippen LogP contribution in [0.15, 0.2) is 24.3 Å². The Kier molecular flexibility index (Phi) is 2.69. The van der Waals surface area contributed by atoms with E-state index in [1.165, 1.54) is 0 Å². The highest BCUT2D eigenvalue weighted by Crippen LogP contribution is 2.29. The zero-order valence-corrected chi connectivity index (χ0v) is 11.9. The average Bonchev–Trinajstić information content (AvgIpc) is 2.66. The average molecular weight is 270 g/mol. The van der Waals surface area contributed by atoms with Crippen LogP contribution in [0.1, 0.15) is 19.7 Å². The minimum atomic E-state index is -0.822. The Hall–Kier alpha value is -2.14. The molecular formula is C15H18N4O. The quantitative estimate of drug-likeness (QED) is 0.748. The van der Waals surface area contributed by atoms with Crippen molar-refractivity contribution < 1.29 is 5.11 Å². The van der Waals surface area contributed by atoms with Gasteiger partial charge in [-0.05, 0) is 26.8 Å². The zero-order chi connectivity index (χ0) is 14.5. The second-order valence-electron chi connectivity index (χ2n) is 5.77. The summed E-state index contributed by atoms with van der Waals surface area (Å²) in [5, 5.41) is 11.1. The third kappa shape index (κ3) is 2.00. The molecule has 0 amide bonds. The van der Waals surface area contributed by atoms with Crippen molar-refractivity contribution in [2.24, 2.45) is 0 Å². The largest absolute Gasteiger partial charge is 0.389 e. The van der Waals surface area contributed by atoms with Crippen molar-refractivity contribution in [1.82, 2.24) is 14.5 Å². The number of nitrogen functional groups attached to an aromatic ring is 1. The number of nitrogens with zero attached hydrogens (tertiary/aromatic N) is 3. The molecule has 2 heterocycles. The molecule has 3 rings (SSSR count). The molecule has 0 saturated carbocycles. The third-order valence-electron chi connectivity index (χ3n) is 3.35. The number of anilines is 1. The molecule has 1 aromatic carbocycles. The Labute approximate surface area is 117 Å². The maximum Gasteiger partial charge on any atom is 0.152 e. The lowest BCUT2D eigenvalue weighted by atomic mass is 10.1. The van der Waals surface area contributed by atoms with E-state index in [9.17, 15) is 5.11 Å². The van der Waals surface area contributed by atoms with Crippen molar-refractivity contribution in [2.45, 2.75) is 32.9 Å². The summed E-state index contributed by atoms with van der Waals surface area (Å²) in [6.45, 7) is 5.94. The minimum absolute atomic E-state index is 0.427. The fourth-order valence-electron chi connectivity index (χ4n) is 2.55. The SMILES string of the molecule is Cc1nc2c(N)nc3ccccc3c2n1CC(C)(C)O. The van der Waals surface area contributed by atoms with Gasteiger partial charge in [0.2, 0.25) is 0 Å². The number of para-hydroxylation sites is 1. The highest BCUT2D eigenvalue weighted by Gasteiger charge is 2.20. The van der Waals surface area contributed by atoms with Crippen LogP contribution in [0.3, 0.4) is 0 Å². The Morgan fingerprint density at radius 2 is 1.95 bits per heavy atom. The standard InChI is InChI=1S/C15H18N4O/c1-9-17-12-13(19(9)8-15(2,3)20)10-6-4-5-7-11(10)18-14(12)16/h4-7,20H,8H2,1-3H3,(H2,16,18). The van der Waals surface area contributed by atoms with Gasteiger partial charge in [0.1, 0.15) is 11.3 Å². The Bertz CT molecular complexity index is 799. The molecule has 0 spiro atoms. The van der Waals surface area contributed by atoms with Gasteiger partial charge in [0, 0.05) is 5.39 Å². The van der Waals surface area contributed by atoms with E-state index in [0.29, 0.717) is 17.9 Å². The van der Waals surface area contributed by atoms with Crippen LogP contribution in [-0.4, -0.2) is 25.2 Å². The Balaban J connectivity index is 2.42. The molecule has 5 heteroatoms. The summed E-state index contributed by atoms with van der Waals surface area (Å²) in [6.07, 6.45) is 0. The number of benzene rings is 1. The second kappa shape index (κ2) is 4.18. The Morgan fingerprint density at radius 3 is 2.65 bits per heavy atom. The van der Waals surface area contributed by atoms with Crippen LogP contribution in [0.5, 0.6) is 0 Å². The summed E-state index contributed by atoms with van der Waals surface area (Å²) in [5.74, 6) is 1.25. The molecule has 20 heavy (non-hydrogen) atoms. The van der Waals surface area contributed by atoms with E-state index >= 15 is 0 Å². The molecule has 0 fully saturated rings. The van der Waals surface area contributed by atoms with Crippen LogP contribution >= 0.6 is 0 Å². The molecule has 0 aliphatic rings. The van der Waals surface area contributed by atoms with Gasteiger partial charge in [0.15, 0.2) is 5.82 Å². The van der Waals surface area contributed by atoms with Crippen molar-refractivity contribution >= 4 is 27.8 Å². The molecule has 3 aromatic rings. The van der Waals surface area contributed by atoms with Crippen LogP contribution in [0.2, 0.25) is 0 Å². The predicted molar refractivity (Wildman–Crippen MR) is 80.5 cm³/mol.